The van der Waals surface area contributed by atoms with Crippen molar-refractivity contribution >= 4 is 0 Å². The number of aliphatic hydroxyl groups is 2. The van der Waals surface area contributed by atoms with Crippen LogP contribution >= 0.6 is 0 Å². The van der Waals surface area contributed by atoms with Crippen LogP contribution in [0.25, 0.3) is 0 Å². The highest BCUT2D eigenvalue weighted by molar-refractivity contribution is 4.62. The monoisotopic (exact) mass is 118 g/mol. The van der Waals surface area contributed by atoms with E-state index in [9.17, 15) is 0 Å². The first-order valence-electron chi connectivity index (χ1n) is 2.78. The number of aliphatic hydroxyl groups excluding tert-OH is 2. The molecule has 0 unspecified atom stereocenters. The van der Waals surface area contributed by atoms with Crippen LogP contribution in [0.3, 0.4) is 0 Å². The molecule has 1 fully saturated rings. The average Bonchev–Trinajstić information content (AvgIpc) is 1.77. The van der Waals surface area contributed by atoms with Crippen molar-refractivity contribution in [1.29, 1.82) is 0 Å². The fourth-order valence-electron chi connectivity index (χ4n) is 0.750. The summed E-state index contributed by atoms with van der Waals surface area (Å²) in [6, 6.07) is 0. The predicted molar refractivity (Wildman–Crippen MR) is 27.2 cm³/mol. The highest BCUT2D eigenvalue weighted by atomic mass is 16.6. The molecule has 0 spiro atoms. The fraction of sp³-hybridized carbons (Fsp3) is 1.00. The van der Waals surface area contributed by atoms with Crippen molar-refractivity contribution in [3.05, 3.63) is 0 Å². The van der Waals surface area contributed by atoms with Crippen LogP contribution in [-0.2, 0) is 4.74 Å². The van der Waals surface area contributed by atoms with E-state index in [0.29, 0.717) is 13.0 Å². The van der Waals surface area contributed by atoms with Crippen LogP contribution in [-0.4, -0.2) is 29.2 Å². The normalized spacial score (nSPS) is 39.8. The summed E-state index contributed by atoms with van der Waals surface area (Å²) in [6.07, 6.45) is -0.105. The predicted octanol–water partition coefficient (Wildman–Crippen LogP) is -0.524. The molecule has 0 bridgehead atoms. The molecule has 1 aliphatic rings. The van der Waals surface area contributed by atoms with Gasteiger partial charge in [0, 0.05) is 6.61 Å². The lowest BCUT2D eigenvalue weighted by Gasteiger charge is -2.22. The Labute approximate surface area is 47.9 Å². The maximum Gasteiger partial charge on any atom is 0.180 e. The Kier molecular flexibility index (Phi) is 1.83. The Morgan fingerprint density at radius 3 is 2.50 bits per heavy atom. The van der Waals surface area contributed by atoms with E-state index in [0.717, 1.165) is 6.42 Å². The van der Waals surface area contributed by atoms with Gasteiger partial charge in [0.25, 0.3) is 0 Å². The van der Waals surface area contributed by atoms with Crippen molar-refractivity contribution in [2.45, 2.75) is 25.2 Å². The molecule has 48 valence electrons. The summed E-state index contributed by atoms with van der Waals surface area (Å²) >= 11 is 0. The Morgan fingerprint density at radius 2 is 2.12 bits per heavy atom. The lowest BCUT2D eigenvalue weighted by atomic mass is 10.1. The largest absolute Gasteiger partial charge is 0.388 e. The van der Waals surface area contributed by atoms with Gasteiger partial charge in [-0.3, -0.25) is 0 Å². The van der Waals surface area contributed by atoms with E-state index < -0.39 is 12.4 Å². The Morgan fingerprint density at radius 1 is 1.38 bits per heavy atom. The summed E-state index contributed by atoms with van der Waals surface area (Å²) in [5.41, 5.74) is 0. The average molecular weight is 118 g/mol. The molecule has 0 amide bonds. The Balaban J connectivity index is 2.28. The number of rotatable bonds is 0. The first-order valence-corrected chi connectivity index (χ1v) is 2.78. The van der Waals surface area contributed by atoms with Crippen molar-refractivity contribution < 1.29 is 14.9 Å². The van der Waals surface area contributed by atoms with E-state index in [1.807, 2.05) is 0 Å². The third-order valence-corrected chi connectivity index (χ3v) is 1.26. The summed E-state index contributed by atoms with van der Waals surface area (Å²) in [5, 5.41) is 17.5. The maximum absolute atomic E-state index is 8.80. The van der Waals surface area contributed by atoms with Gasteiger partial charge in [-0.15, -0.1) is 0 Å². The molecule has 1 rings (SSSR count). The van der Waals surface area contributed by atoms with Crippen molar-refractivity contribution in [3.8, 4) is 0 Å². The third kappa shape index (κ3) is 1.18. The second kappa shape index (κ2) is 2.44. The molecular formula is C5H10O3. The lowest BCUT2D eigenvalue weighted by Crippen LogP contribution is -2.33. The standard InChI is InChI=1S/C5H10O3/c6-4-2-1-3-8-5(4)7/h4-7H,1-3H2/t4-,5+/m0/s1. The van der Waals surface area contributed by atoms with Crippen molar-refractivity contribution in [1.82, 2.24) is 0 Å². The van der Waals surface area contributed by atoms with Crippen molar-refractivity contribution in [2.24, 2.45) is 0 Å². The maximum atomic E-state index is 8.80. The molecule has 3 nitrogen and oxygen atoms in total. The number of hydrogen-bond acceptors (Lipinski definition) is 3. The van der Waals surface area contributed by atoms with E-state index in [2.05, 4.69) is 0 Å². The van der Waals surface area contributed by atoms with E-state index in [4.69, 9.17) is 14.9 Å². The quantitative estimate of drug-likeness (QED) is 0.450. The molecule has 8 heavy (non-hydrogen) atoms. The van der Waals surface area contributed by atoms with Gasteiger partial charge in [0.15, 0.2) is 6.29 Å². The minimum atomic E-state index is -0.941. The van der Waals surface area contributed by atoms with Gasteiger partial charge in [0.05, 0.1) is 0 Å². The van der Waals surface area contributed by atoms with Crippen LogP contribution in [0.4, 0.5) is 0 Å². The molecule has 0 saturated carbocycles. The van der Waals surface area contributed by atoms with Crippen molar-refractivity contribution in [3.63, 3.8) is 0 Å². The van der Waals surface area contributed by atoms with E-state index in [1.54, 1.807) is 0 Å². The molecule has 0 aliphatic carbocycles. The zero-order chi connectivity index (χ0) is 5.98. The van der Waals surface area contributed by atoms with Gasteiger partial charge < -0.3 is 14.9 Å². The minimum Gasteiger partial charge on any atom is -0.388 e. The van der Waals surface area contributed by atoms with Crippen LogP contribution in [0.2, 0.25) is 0 Å². The van der Waals surface area contributed by atoms with Crippen molar-refractivity contribution in [2.75, 3.05) is 6.61 Å². The topological polar surface area (TPSA) is 49.7 Å². The van der Waals surface area contributed by atoms with Crippen LogP contribution in [0, 0.1) is 0 Å². The van der Waals surface area contributed by atoms with Crippen LogP contribution in [0.1, 0.15) is 12.8 Å². The highest BCUT2D eigenvalue weighted by Gasteiger charge is 2.20. The second-order valence-corrected chi connectivity index (χ2v) is 1.97. The van der Waals surface area contributed by atoms with E-state index >= 15 is 0 Å². The van der Waals surface area contributed by atoms with E-state index in [1.165, 1.54) is 0 Å². The molecule has 3 heteroatoms. The smallest absolute Gasteiger partial charge is 0.180 e. The molecule has 0 radical (unpaired) electrons. The van der Waals surface area contributed by atoms with Crippen LogP contribution in [0.5, 0.6) is 0 Å². The molecule has 1 aliphatic heterocycles. The summed E-state index contributed by atoms with van der Waals surface area (Å²) in [7, 11) is 0. The van der Waals surface area contributed by atoms with Crippen LogP contribution in [0.15, 0.2) is 0 Å². The molecule has 0 aromatic carbocycles. The molecule has 1 saturated heterocycles. The minimum absolute atomic E-state index is 0.568. The summed E-state index contributed by atoms with van der Waals surface area (Å²) in [4.78, 5) is 0. The SMILES string of the molecule is O[C@@H]1OCCC[C@@H]1O. The Bertz CT molecular complexity index is 64.1. The molecule has 0 aromatic rings. The molecule has 2 atom stereocenters. The highest BCUT2D eigenvalue weighted by Crippen LogP contribution is 2.10. The first-order chi connectivity index (χ1) is 3.80. The molecule has 2 N–H and O–H groups in total. The van der Waals surface area contributed by atoms with Gasteiger partial charge in [-0.1, -0.05) is 0 Å². The third-order valence-electron chi connectivity index (χ3n) is 1.26. The van der Waals surface area contributed by atoms with Gasteiger partial charge in [-0.2, -0.15) is 0 Å². The summed E-state index contributed by atoms with van der Waals surface area (Å²) in [5.74, 6) is 0. The van der Waals surface area contributed by atoms with Gasteiger partial charge in [-0.25, -0.2) is 0 Å². The number of ether oxygens (including phenoxy) is 1. The van der Waals surface area contributed by atoms with Crippen LogP contribution < -0.4 is 0 Å². The summed E-state index contributed by atoms with van der Waals surface area (Å²) < 4.78 is 4.70. The fourth-order valence-corrected chi connectivity index (χ4v) is 0.750. The van der Waals surface area contributed by atoms with E-state index in [-0.39, 0.29) is 0 Å². The van der Waals surface area contributed by atoms with Gasteiger partial charge in [0.1, 0.15) is 6.10 Å². The molecule has 1 heterocycles. The zero-order valence-corrected chi connectivity index (χ0v) is 4.58. The zero-order valence-electron chi connectivity index (χ0n) is 4.58. The molecular weight excluding hydrogens is 108 g/mol. The van der Waals surface area contributed by atoms with Gasteiger partial charge in [-0.05, 0) is 12.8 Å². The Hall–Kier alpha value is -0.120. The summed E-state index contributed by atoms with van der Waals surface area (Å²) in [6.45, 7) is 0.568. The van der Waals surface area contributed by atoms with Gasteiger partial charge in [0.2, 0.25) is 0 Å². The number of hydrogen-bond donors (Lipinski definition) is 2. The second-order valence-electron chi connectivity index (χ2n) is 1.97. The lowest BCUT2D eigenvalue weighted by molar-refractivity contribution is -0.185. The molecule has 0 aromatic heterocycles. The van der Waals surface area contributed by atoms with Gasteiger partial charge >= 0.3 is 0 Å². The first kappa shape index (κ1) is 6.01.